The van der Waals surface area contributed by atoms with Crippen molar-refractivity contribution in [3.63, 3.8) is 0 Å². The average Bonchev–Trinajstić information content (AvgIpc) is 3.12. The van der Waals surface area contributed by atoms with Crippen molar-refractivity contribution in [2.24, 2.45) is 0 Å². The molecule has 0 saturated carbocycles. The lowest BCUT2D eigenvalue weighted by Gasteiger charge is -2.16. The number of para-hydroxylation sites is 1. The zero-order chi connectivity index (χ0) is 18.5. The molecule has 1 atom stereocenters. The lowest BCUT2D eigenvalue weighted by atomic mass is 9.93. The molecule has 1 heterocycles. The van der Waals surface area contributed by atoms with E-state index in [1.54, 1.807) is 0 Å². The fourth-order valence-corrected chi connectivity index (χ4v) is 3.65. The number of benzene rings is 3. The van der Waals surface area contributed by atoms with Gasteiger partial charge in [0.25, 0.3) is 0 Å². The van der Waals surface area contributed by atoms with Crippen molar-refractivity contribution in [3.8, 4) is 11.3 Å². The third-order valence-electron chi connectivity index (χ3n) is 5.00. The van der Waals surface area contributed by atoms with Gasteiger partial charge in [-0.25, -0.2) is 0 Å². The first-order valence-electron chi connectivity index (χ1n) is 9.40. The van der Waals surface area contributed by atoms with Crippen LogP contribution < -0.4 is 5.32 Å². The van der Waals surface area contributed by atoms with Crippen molar-refractivity contribution in [2.45, 2.75) is 12.5 Å². The Morgan fingerprint density at radius 1 is 0.852 bits per heavy atom. The van der Waals surface area contributed by atoms with Gasteiger partial charge in [0.1, 0.15) is 0 Å². The number of H-pyrrole nitrogens is 1. The Morgan fingerprint density at radius 2 is 1.52 bits per heavy atom. The third kappa shape index (κ3) is 3.71. The number of rotatable bonds is 7. The van der Waals surface area contributed by atoms with Crippen LogP contribution in [0.25, 0.3) is 22.2 Å². The molecule has 2 nitrogen and oxygen atoms in total. The number of fused-ring (bicyclic) bond motifs is 1. The van der Waals surface area contributed by atoms with Crippen LogP contribution in [0.5, 0.6) is 0 Å². The lowest BCUT2D eigenvalue weighted by molar-refractivity contribution is 0.650. The van der Waals surface area contributed by atoms with Crippen LogP contribution in [0.15, 0.2) is 97.6 Å². The Labute approximate surface area is 160 Å². The summed E-state index contributed by atoms with van der Waals surface area (Å²) in [6.45, 7) is 5.83. The number of hydrogen-bond acceptors (Lipinski definition) is 1. The molecule has 0 unspecified atom stereocenters. The highest BCUT2D eigenvalue weighted by atomic mass is 14.9. The average molecular weight is 352 g/mol. The first-order chi connectivity index (χ1) is 13.4. The Bertz CT molecular complexity index is 1020. The summed E-state index contributed by atoms with van der Waals surface area (Å²) >= 11 is 0. The van der Waals surface area contributed by atoms with E-state index in [0.717, 1.165) is 13.1 Å². The predicted molar refractivity (Wildman–Crippen MR) is 115 cm³/mol. The molecule has 0 bridgehead atoms. The maximum atomic E-state index is 4.13. The van der Waals surface area contributed by atoms with Gasteiger partial charge >= 0.3 is 0 Å². The van der Waals surface area contributed by atoms with E-state index in [1.807, 2.05) is 6.07 Å². The molecule has 0 spiro atoms. The minimum atomic E-state index is 0.222. The second-order valence-corrected chi connectivity index (χ2v) is 6.78. The smallest absolute Gasteiger partial charge is 0.0503 e. The van der Waals surface area contributed by atoms with Crippen LogP contribution in [-0.4, -0.2) is 11.5 Å². The topological polar surface area (TPSA) is 27.8 Å². The van der Waals surface area contributed by atoms with Gasteiger partial charge in [-0.05, 0) is 22.8 Å². The van der Waals surface area contributed by atoms with E-state index < -0.39 is 0 Å². The van der Waals surface area contributed by atoms with Gasteiger partial charge < -0.3 is 10.3 Å². The third-order valence-corrected chi connectivity index (χ3v) is 5.00. The van der Waals surface area contributed by atoms with Crippen molar-refractivity contribution in [2.75, 3.05) is 6.54 Å². The molecule has 0 saturated heterocycles. The molecule has 0 fully saturated rings. The largest absolute Gasteiger partial charge is 0.354 e. The second-order valence-electron chi connectivity index (χ2n) is 6.78. The quantitative estimate of drug-likeness (QED) is 0.399. The van der Waals surface area contributed by atoms with Gasteiger partial charge in [0.15, 0.2) is 0 Å². The van der Waals surface area contributed by atoms with Crippen LogP contribution in [-0.2, 0) is 6.54 Å². The summed E-state index contributed by atoms with van der Waals surface area (Å²) < 4.78 is 0. The molecule has 3 aromatic carbocycles. The molecule has 0 aliphatic carbocycles. The summed E-state index contributed by atoms with van der Waals surface area (Å²) in [5.41, 5.74) is 6.16. The zero-order valence-corrected chi connectivity index (χ0v) is 15.4. The van der Waals surface area contributed by atoms with Crippen LogP contribution in [0.4, 0.5) is 0 Å². The molecule has 4 rings (SSSR count). The molecule has 0 radical (unpaired) electrons. The Kier molecular flexibility index (Phi) is 5.17. The molecule has 134 valence electrons. The number of nitrogens with one attached hydrogen (secondary N) is 2. The van der Waals surface area contributed by atoms with E-state index in [2.05, 4.69) is 102 Å². The van der Waals surface area contributed by atoms with Crippen molar-refractivity contribution < 1.29 is 0 Å². The summed E-state index contributed by atoms with van der Waals surface area (Å²) in [6.07, 6.45) is 2.06. The second kappa shape index (κ2) is 8.07. The molecule has 27 heavy (non-hydrogen) atoms. The molecular formula is C25H24N2. The van der Waals surface area contributed by atoms with E-state index in [1.165, 1.54) is 33.3 Å². The predicted octanol–water partition coefficient (Wildman–Crippen LogP) is 5.89. The van der Waals surface area contributed by atoms with Gasteiger partial charge in [0.2, 0.25) is 0 Å². The Balaban J connectivity index is 1.66. The minimum Gasteiger partial charge on any atom is -0.354 e. The monoisotopic (exact) mass is 352 g/mol. The highest BCUT2D eigenvalue weighted by molar-refractivity contribution is 5.91. The molecule has 0 aliphatic rings. The van der Waals surface area contributed by atoms with Crippen LogP contribution in [0.1, 0.15) is 17.0 Å². The normalized spacial score (nSPS) is 12.1. The molecule has 2 N–H and O–H groups in total. The van der Waals surface area contributed by atoms with E-state index in [9.17, 15) is 0 Å². The van der Waals surface area contributed by atoms with E-state index in [-0.39, 0.29) is 5.92 Å². The molecule has 2 heteroatoms. The highest BCUT2D eigenvalue weighted by Gasteiger charge is 2.19. The maximum Gasteiger partial charge on any atom is 0.0503 e. The number of aromatic amines is 1. The summed E-state index contributed by atoms with van der Waals surface area (Å²) in [5.74, 6) is 0.222. The molecular weight excluding hydrogens is 328 g/mol. The summed E-state index contributed by atoms with van der Waals surface area (Å²) in [7, 11) is 0. The summed E-state index contributed by atoms with van der Waals surface area (Å²) in [5, 5.41) is 4.87. The first-order valence-corrected chi connectivity index (χ1v) is 9.40. The summed E-state index contributed by atoms with van der Waals surface area (Å²) in [6, 6.07) is 29.6. The lowest BCUT2D eigenvalue weighted by Crippen LogP contribution is -2.20. The fourth-order valence-electron chi connectivity index (χ4n) is 3.65. The van der Waals surface area contributed by atoms with Gasteiger partial charge in [-0.2, -0.15) is 0 Å². The SMILES string of the molecule is C=C[C@@H](CNCc1ccccc1)c1c(-c2ccccc2)[nH]c2ccccc12. The molecule has 1 aromatic heterocycles. The van der Waals surface area contributed by atoms with E-state index >= 15 is 0 Å². The van der Waals surface area contributed by atoms with Gasteiger partial charge in [0.05, 0.1) is 5.69 Å². The Hall–Kier alpha value is -3.10. The van der Waals surface area contributed by atoms with Crippen molar-refractivity contribution >= 4 is 10.9 Å². The van der Waals surface area contributed by atoms with Gasteiger partial charge in [-0.15, -0.1) is 6.58 Å². The standard InChI is InChI=1S/C25H24N2/c1-2-20(18-26-17-19-11-5-3-6-12-19)24-22-15-9-10-16-23(22)27-25(24)21-13-7-4-8-14-21/h2-16,20,26-27H,1,17-18H2/t20-/m0/s1. The fraction of sp³-hybridized carbons (Fsp3) is 0.120. The summed E-state index contributed by atoms with van der Waals surface area (Å²) in [4.78, 5) is 3.63. The van der Waals surface area contributed by atoms with Crippen molar-refractivity contribution in [1.82, 2.24) is 10.3 Å². The molecule has 0 amide bonds. The highest BCUT2D eigenvalue weighted by Crippen LogP contribution is 2.36. The number of aromatic nitrogens is 1. The van der Waals surface area contributed by atoms with Crippen molar-refractivity contribution in [1.29, 1.82) is 0 Å². The first kappa shape index (κ1) is 17.3. The maximum absolute atomic E-state index is 4.13. The zero-order valence-electron chi connectivity index (χ0n) is 15.4. The van der Waals surface area contributed by atoms with E-state index in [0.29, 0.717) is 0 Å². The molecule has 4 aromatic rings. The van der Waals surface area contributed by atoms with Gasteiger partial charge in [-0.1, -0.05) is 84.9 Å². The van der Waals surface area contributed by atoms with Crippen molar-refractivity contribution in [3.05, 3.63) is 109 Å². The van der Waals surface area contributed by atoms with Crippen LogP contribution in [0.3, 0.4) is 0 Å². The molecule has 0 aliphatic heterocycles. The van der Waals surface area contributed by atoms with Gasteiger partial charge in [0, 0.05) is 29.9 Å². The van der Waals surface area contributed by atoms with E-state index in [4.69, 9.17) is 0 Å². The van der Waals surface area contributed by atoms with Crippen LogP contribution in [0, 0.1) is 0 Å². The minimum absolute atomic E-state index is 0.222. The Morgan fingerprint density at radius 3 is 2.26 bits per heavy atom. The van der Waals surface area contributed by atoms with Gasteiger partial charge in [-0.3, -0.25) is 0 Å². The van der Waals surface area contributed by atoms with Crippen LogP contribution >= 0.6 is 0 Å². The number of hydrogen-bond donors (Lipinski definition) is 2. The van der Waals surface area contributed by atoms with Crippen LogP contribution in [0.2, 0.25) is 0 Å².